The molecule has 0 aromatic rings. The summed E-state index contributed by atoms with van der Waals surface area (Å²) in [6.07, 6.45) is 13.3. The summed E-state index contributed by atoms with van der Waals surface area (Å²) in [5, 5.41) is 0. The fourth-order valence-electron chi connectivity index (χ4n) is 1.77. The summed E-state index contributed by atoms with van der Waals surface area (Å²) in [6, 6.07) is 0. The lowest BCUT2D eigenvalue weighted by molar-refractivity contribution is -0.0549. The third-order valence-corrected chi connectivity index (χ3v) is 3.64. The standard InChI is InChI=1S/C21H26O9/c1-5-9-12-25-18(22)28-15-21(8-4,16-29-19(23)26-13-10-6-2)17-30-20(24)27-14-11-7-3/h1-3H,8-17H2,4H3. The van der Waals surface area contributed by atoms with Crippen LogP contribution in [0, 0.1) is 42.4 Å². The zero-order valence-corrected chi connectivity index (χ0v) is 17.0. The zero-order chi connectivity index (χ0) is 22.7. The van der Waals surface area contributed by atoms with Crippen molar-refractivity contribution < 1.29 is 42.8 Å². The summed E-state index contributed by atoms with van der Waals surface area (Å²) in [5.41, 5.74) is -1.07. The third kappa shape index (κ3) is 12.8. The topological polar surface area (TPSA) is 107 Å². The van der Waals surface area contributed by atoms with E-state index in [9.17, 15) is 14.4 Å². The van der Waals surface area contributed by atoms with Gasteiger partial charge < -0.3 is 28.4 Å². The molecule has 0 aliphatic heterocycles. The van der Waals surface area contributed by atoms with E-state index in [2.05, 4.69) is 17.8 Å². The molecule has 0 unspecified atom stereocenters. The number of ether oxygens (including phenoxy) is 6. The van der Waals surface area contributed by atoms with Crippen molar-refractivity contribution in [1.29, 1.82) is 0 Å². The normalized spacial score (nSPS) is 9.80. The van der Waals surface area contributed by atoms with Gasteiger partial charge in [-0.05, 0) is 6.42 Å². The summed E-state index contributed by atoms with van der Waals surface area (Å²) in [6.45, 7) is 0.890. The van der Waals surface area contributed by atoms with Crippen molar-refractivity contribution in [3.05, 3.63) is 0 Å². The number of rotatable bonds is 13. The molecule has 0 spiro atoms. The van der Waals surface area contributed by atoms with Gasteiger partial charge in [-0.3, -0.25) is 0 Å². The molecule has 0 aromatic carbocycles. The summed E-state index contributed by atoms with van der Waals surface area (Å²) in [7, 11) is 0. The Kier molecular flexibility index (Phi) is 14.5. The molecule has 9 nitrogen and oxygen atoms in total. The highest BCUT2D eigenvalue weighted by Gasteiger charge is 2.35. The molecule has 0 atom stereocenters. The zero-order valence-electron chi connectivity index (χ0n) is 17.0. The Morgan fingerprint density at radius 1 is 0.633 bits per heavy atom. The summed E-state index contributed by atoms with van der Waals surface area (Å²) < 4.78 is 29.6. The SMILES string of the molecule is C#CCCOC(=O)OCC(CC)(COC(=O)OCCC#C)COC(=O)OCCC#C. The van der Waals surface area contributed by atoms with Crippen molar-refractivity contribution >= 4 is 18.5 Å². The number of hydrogen-bond donors (Lipinski definition) is 0. The molecule has 0 rings (SSSR count). The Balaban J connectivity index is 4.87. The minimum atomic E-state index is -1.07. The molecular formula is C21H26O9. The molecule has 0 saturated carbocycles. The fraction of sp³-hybridized carbons (Fsp3) is 0.571. The monoisotopic (exact) mass is 422 g/mol. The van der Waals surface area contributed by atoms with E-state index in [1.165, 1.54) is 0 Å². The summed E-state index contributed by atoms with van der Waals surface area (Å²) in [4.78, 5) is 35.1. The van der Waals surface area contributed by atoms with Crippen LogP contribution in [0.5, 0.6) is 0 Å². The minimum absolute atomic E-state index is 0.00946. The molecule has 9 heteroatoms. The van der Waals surface area contributed by atoms with E-state index in [-0.39, 0.29) is 58.9 Å². The number of carbonyl (C=O) groups is 3. The van der Waals surface area contributed by atoms with Crippen molar-refractivity contribution in [1.82, 2.24) is 0 Å². The average molecular weight is 422 g/mol. The molecule has 0 N–H and O–H groups in total. The Morgan fingerprint density at radius 3 is 1.17 bits per heavy atom. The van der Waals surface area contributed by atoms with E-state index in [0.717, 1.165) is 0 Å². The second-order valence-corrected chi connectivity index (χ2v) is 5.88. The van der Waals surface area contributed by atoms with Crippen molar-refractivity contribution in [2.45, 2.75) is 32.6 Å². The van der Waals surface area contributed by atoms with Crippen LogP contribution >= 0.6 is 0 Å². The maximum absolute atomic E-state index is 11.7. The molecule has 30 heavy (non-hydrogen) atoms. The van der Waals surface area contributed by atoms with Crippen molar-refractivity contribution in [3.8, 4) is 37.0 Å². The summed E-state index contributed by atoms with van der Waals surface area (Å²) in [5.74, 6) is 6.94. The molecule has 0 bridgehead atoms. The van der Waals surface area contributed by atoms with Crippen LogP contribution in [-0.4, -0.2) is 58.1 Å². The van der Waals surface area contributed by atoms with Crippen molar-refractivity contribution in [2.24, 2.45) is 5.41 Å². The van der Waals surface area contributed by atoms with Crippen LogP contribution in [0.25, 0.3) is 0 Å². The van der Waals surface area contributed by atoms with E-state index >= 15 is 0 Å². The highest BCUT2D eigenvalue weighted by molar-refractivity contribution is 5.61. The molecule has 0 amide bonds. The quantitative estimate of drug-likeness (QED) is 0.192. The predicted molar refractivity (Wildman–Crippen MR) is 105 cm³/mol. The molecule has 0 radical (unpaired) electrons. The van der Waals surface area contributed by atoms with Gasteiger partial charge in [0.15, 0.2) is 0 Å². The van der Waals surface area contributed by atoms with Gasteiger partial charge in [0, 0.05) is 19.3 Å². The predicted octanol–water partition coefficient (Wildman–Crippen LogP) is 2.91. The molecule has 0 saturated heterocycles. The van der Waals surface area contributed by atoms with E-state index in [0.29, 0.717) is 6.42 Å². The Hall–Kier alpha value is -3.51. The van der Waals surface area contributed by atoms with Gasteiger partial charge in [-0.15, -0.1) is 37.0 Å². The maximum Gasteiger partial charge on any atom is 0.508 e. The highest BCUT2D eigenvalue weighted by atomic mass is 16.7. The van der Waals surface area contributed by atoms with E-state index in [1.807, 2.05) is 0 Å². The number of carbonyl (C=O) groups excluding carboxylic acids is 3. The van der Waals surface area contributed by atoms with E-state index in [1.54, 1.807) is 6.92 Å². The van der Waals surface area contributed by atoms with Gasteiger partial charge in [0.1, 0.15) is 39.6 Å². The molecule has 0 aromatic heterocycles. The summed E-state index contributed by atoms with van der Waals surface area (Å²) >= 11 is 0. The van der Waals surface area contributed by atoms with Crippen LogP contribution in [0.1, 0.15) is 32.6 Å². The first-order valence-electron chi connectivity index (χ1n) is 9.12. The average Bonchev–Trinajstić information content (AvgIpc) is 2.74. The second kappa shape index (κ2) is 16.4. The van der Waals surface area contributed by atoms with Gasteiger partial charge in [-0.25, -0.2) is 14.4 Å². The second-order valence-electron chi connectivity index (χ2n) is 5.88. The van der Waals surface area contributed by atoms with Crippen LogP contribution < -0.4 is 0 Å². The molecule has 0 aliphatic rings. The van der Waals surface area contributed by atoms with Gasteiger partial charge in [0.2, 0.25) is 0 Å². The van der Waals surface area contributed by atoms with Gasteiger partial charge in [0.05, 0.1) is 5.41 Å². The first kappa shape index (κ1) is 26.5. The number of hydrogen-bond acceptors (Lipinski definition) is 9. The van der Waals surface area contributed by atoms with Crippen molar-refractivity contribution in [2.75, 3.05) is 39.6 Å². The highest BCUT2D eigenvalue weighted by Crippen LogP contribution is 2.25. The molecule has 0 fully saturated rings. The minimum Gasteiger partial charge on any atom is -0.433 e. The third-order valence-electron chi connectivity index (χ3n) is 3.64. The molecule has 0 aliphatic carbocycles. The fourth-order valence-corrected chi connectivity index (χ4v) is 1.77. The van der Waals surface area contributed by atoms with Crippen LogP contribution in [0.4, 0.5) is 14.4 Å². The van der Waals surface area contributed by atoms with Gasteiger partial charge in [-0.2, -0.15) is 0 Å². The molecular weight excluding hydrogens is 396 g/mol. The Labute approximate surface area is 176 Å². The van der Waals surface area contributed by atoms with Gasteiger partial charge in [0.25, 0.3) is 0 Å². The van der Waals surface area contributed by atoms with E-state index < -0.39 is 23.9 Å². The van der Waals surface area contributed by atoms with E-state index in [4.69, 9.17) is 47.7 Å². The Morgan fingerprint density at radius 2 is 0.933 bits per heavy atom. The largest absolute Gasteiger partial charge is 0.508 e. The van der Waals surface area contributed by atoms with Crippen LogP contribution in [0.3, 0.4) is 0 Å². The lowest BCUT2D eigenvalue weighted by Gasteiger charge is -2.30. The lowest BCUT2D eigenvalue weighted by atomic mass is 9.88. The van der Waals surface area contributed by atoms with Gasteiger partial charge >= 0.3 is 18.5 Å². The van der Waals surface area contributed by atoms with Crippen molar-refractivity contribution in [3.63, 3.8) is 0 Å². The number of terminal acetylenes is 3. The molecule has 164 valence electrons. The first-order chi connectivity index (χ1) is 14.4. The van der Waals surface area contributed by atoms with Crippen LogP contribution in [-0.2, 0) is 28.4 Å². The molecule has 0 heterocycles. The van der Waals surface area contributed by atoms with Gasteiger partial charge in [-0.1, -0.05) is 6.92 Å². The maximum atomic E-state index is 11.7. The lowest BCUT2D eigenvalue weighted by Crippen LogP contribution is -2.39. The van der Waals surface area contributed by atoms with Crippen LogP contribution in [0.15, 0.2) is 0 Å². The smallest absolute Gasteiger partial charge is 0.433 e. The Bertz CT molecular complexity index is 575. The van der Waals surface area contributed by atoms with Crippen LogP contribution in [0.2, 0.25) is 0 Å². The first-order valence-corrected chi connectivity index (χ1v) is 9.12.